The van der Waals surface area contributed by atoms with Crippen LogP contribution >= 0.6 is 0 Å². The van der Waals surface area contributed by atoms with Crippen LogP contribution in [0, 0.1) is 6.92 Å². The maximum Gasteiger partial charge on any atom is 0.316 e. The topological polar surface area (TPSA) is 114 Å². The molecule has 3 heterocycles. The molecule has 1 N–H and O–H groups in total. The number of H-pyrrole nitrogens is 1. The molecule has 0 bridgehead atoms. The first-order valence-corrected chi connectivity index (χ1v) is 8.87. The SMILES string of the molecule is CCn1c(=O)c(=O)[nH]c2cc(C(=O)N3CCCC3c3noc(C)n3)ccc21. The largest absolute Gasteiger partial charge is 0.340 e. The Morgan fingerprint density at radius 1 is 1.37 bits per heavy atom. The van der Waals surface area contributed by atoms with Crippen LogP contribution < -0.4 is 11.1 Å². The van der Waals surface area contributed by atoms with E-state index >= 15 is 0 Å². The van der Waals surface area contributed by atoms with Gasteiger partial charge in [-0.3, -0.25) is 14.4 Å². The van der Waals surface area contributed by atoms with Crippen molar-refractivity contribution in [1.29, 1.82) is 0 Å². The highest BCUT2D eigenvalue weighted by Gasteiger charge is 2.33. The van der Waals surface area contributed by atoms with Crippen molar-refractivity contribution in [2.24, 2.45) is 0 Å². The van der Waals surface area contributed by atoms with Crippen LogP contribution in [0.4, 0.5) is 0 Å². The van der Waals surface area contributed by atoms with E-state index < -0.39 is 11.1 Å². The van der Waals surface area contributed by atoms with Crippen molar-refractivity contribution in [1.82, 2.24) is 24.6 Å². The van der Waals surface area contributed by atoms with Gasteiger partial charge in [0.15, 0.2) is 5.82 Å². The molecule has 9 nitrogen and oxygen atoms in total. The molecular weight excluding hydrogens is 350 g/mol. The van der Waals surface area contributed by atoms with Crippen LogP contribution in [0.5, 0.6) is 0 Å². The Morgan fingerprint density at radius 2 is 2.19 bits per heavy atom. The van der Waals surface area contributed by atoms with E-state index in [1.54, 1.807) is 36.9 Å². The maximum atomic E-state index is 13.1. The molecule has 0 aliphatic carbocycles. The molecule has 1 aliphatic heterocycles. The normalized spacial score (nSPS) is 17.0. The molecular formula is C18H19N5O4. The Bertz CT molecular complexity index is 1140. The zero-order chi connectivity index (χ0) is 19.1. The Kier molecular flexibility index (Phi) is 4.14. The molecule has 1 atom stereocenters. The first-order valence-electron chi connectivity index (χ1n) is 8.87. The number of amides is 1. The van der Waals surface area contributed by atoms with Crippen molar-refractivity contribution in [3.05, 3.63) is 56.2 Å². The highest BCUT2D eigenvalue weighted by molar-refractivity contribution is 5.97. The fraction of sp³-hybridized carbons (Fsp3) is 0.389. The van der Waals surface area contributed by atoms with E-state index in [0.29, 0.717) is 41.4 Å². The summed E-state index contributed by atoms with van der Waals surface area (Å²) in [4.78, 5) is 45.5. The van der Waals surface area contributed by atoms with E-state index in [2.05, 4.69) is 15.1 Å². The van der Waals surface area contributed by atoms with Gasteiger partial charge < -0.3 is 19.0 Å². The van der Waals surface area contributed by atoms with E-state index in [-0.39, 0.29) is 11.9 Å². The lowest BCUT2D eigenvalue weighted by molar-refractivity contribution is 0.0728. The first kappa shape index (κ1) is 17.2. The van der Waals surface area contributed by atoms with Crippen LogP contribution in [0.15, 0.2) is 32.3 Å². The number of carbonyl (C=O) groups is 1. The smallest absolute Gasteiger partial charge is 0.316 e. The summed E-state index contributed by atoms with van der Waals surface area (Å²) in [5, 5.41) is 3.95. The minimum atomic E-state index is -0.699. The Labute approximate surface area is 153 Å². The minimum Gasteiger partial charge on any atom is -0.340 e. The maximum absolute atomic E-state index is 13.1. The monoisotopic (exact) mass is 369 g/mol. The van der Waals surface area contributed by atoms with Gasteiger partial charge in [0.1, 0.15) is 0 Å². The molecule has 1 fully saturated rings. The fourth-order valence-electron chi connectivity index (χ4n) is 3.62. The van der Waals surface area contributed by atoms with Crippen molar-refractivity contribution < 1.29 is 9.32 Å². The molecule has 1 aliphatic rings. The third-order valence-electron chi connectivity index (χ3n) is 4.89. The first-order chi connectivity index (χ1) is 13.0. The second kappa shape index (κ2) is 6.49. The van der Waals surface area contributed by atoms with Crippen LogP contribution in [0.1, 0.15) is 47.9 Å². The van der Waals surface area contributed by atoms with Crippen molar-refractivity contribution in [3.8, 4) is 0 Å². The number of likely N-dealkylation sites (tertiary alicyclic amines) is 1. The fourth-order valence-corrected chi connectivity index (χ4v) is 3.62. The number of aryl methyl sites for hydroxylation is 2. The second-order valence-electron chi connectivity index (χ2n) is 6.56. The number of fused-ring (bicyclic) bond motifs is 1. The van der Waals surface area contributed by atoms with Gasteiger partial charge in [-0.1, -0.05) is 5.16 Å². The Morgan fingerprint density at radius 3 is 2.89 bits per heavy atom. The van der Waals surface area contributed by atoms with Crippen LogP contribution in [0.3, 0.4) is 0 Å². The van der Waals surface area contributed by atoms with Gasteiger partial charge in [-0.15, -0.1) is 0 Å². The number of nitrogens with zero attached hydrogens (tertiary/aromatic N) is 4. The van der Waals surface area contributed by atoms with Gasteiger partial charge in [0.2, 0.25) is 5.89 Å². The van der Waals surface area contributed by atoms with Gasteiger partial charge in [0.25, 0.3) is 5.91 Å². The lowest BCUT2D eigenvalue weighted by Gasteiger charge is -2.22. The number of hydrogen-bond donors (Lipinski definition) is 1. The molecule has 1 amide bonds. The van der Waals surface area contributed by atoms with E-state index in [9.17, 15) is 14.4 Å². The highest BCUT2D eigenvalue weighted by Crippen LogP contribution is 2.31. The number of aromatic nitrogens is 4. The van der Waals surface area contributed by atoms with Crippen molar-refractivity contribution >= 4 is 16.9 Å². The molecule has 4 rings (SSSR count). The second-order valence-corrected chi connectivity index (χ2v) is 6.56. The number of rotatable bonds is 3. The van der Waals surface area contributed by atoms with Gasteiger partial charge in [-0.05, 0) is 38.0 Å². The van der Waals surface area contributed by atoms with E-state index in [0.717, 1.165) is 12.8 Å². The summed E-state index contributed by atoms with van der Waals surface area (Å²) in [5.41, 5.74) is 0.182. The van der Waals surface area contributed by atoms with Gasteiger partial charge in [-0.2, -0.15) is 4.98 Å². The third kappa shape index (κ3) is 2.84. The number of carbonyl (C=O) groups excluding carboxylic acids is 1. The van der Waals surface area contributed by atoms with Crippen LogP contribution in [-0.2, 0) is 6.54 Å². The lowest BCUT2D eigenvalue weighted by Crippen LogP contribution is -2.36. The van der Waals surface area contributed by atoms with Crippen LogP contribution in [0.2, 0.25) is 0 Å². The van der Waals surface area contributed by atoms with Crippen molar-refractivity contribution in [2.45, 2.75) is 39.3 Å². The van der Waals surface area contributed by atoms with Crippen LogP contribution in [-0.4, -0.2) is 37.0 Å². The van der Waals surface area contributed by atoms with Gasteiger partial charge >= 0.3 is 11.1 Å². The summed E-state index contributed by atoms with van der Waals surface area (Å²) in [6.45, 7) is 4.48. The zero-order valence-electron chi connectivity index (χ0n) is 15.1. The molecule has 140 valence electrons. The summed E-state index contributed by atoms with van der Waals surface area (Å²) in [6, 6.07) is 4.74. The van der Waals surface area contributed by atoms with E-state index in [1.807, 2.05) is 0 Å². The third-order valence-corrected chi connectivity index (χ3v) is 4.89. The summed E-state index contributed by atoms with van der Waals surface area (Å²) in [6.07, 6.45) is 1.62. The molecule has 1 aromatic carbocycles. The lowest BCUT2D eigenvalue weighted by atomic mass is 10.1. The molecule has 3 aromatic rings. The van der Waals surface area contributed by atoms with Crippen molar-refractivity contribution in [3.63, 3.8) is 0 Å². The van der Waals surface area contributed by atoms with Crippen molar-refractivity contribution in [2.75, 3.05) is 6.54 Å². The van der Waals surface area contributed by atoms with Gasteiger partial charge in [-0.25, -0.2) is 0 Å². The number of aromatic amines is 1. The molecule has 0 spiro atoms. The highest BCUT2D eigenvalue weighted by atomic mass is 16.5. The molecule has 27 heavy (non-hydrogen) atoms. The van der Waals surface area contributed by atoms with Gasteiger partial charge in [0.05, 0.1) is 17.1 Å². The standard InChI is InChI=1S/C18H19N5O4/c1-3-22-13-7-6-11(9-12(13)20-16(24)18(22)26)17(25)23-8-4-5-14(23)15-19-10(2)27-21-15/h6-7,9,14H,3-5,8H2,1-2H3,(H,20,24). The molecule has 9 heteroatoms. The number of hydrogen-bond acceptors (Lipinski definition) is 6. The van der Waals surface area contributed by atoms with E-state index in [4.69, 9.17) is 4.52 Å². The summed E-state index contributed by atoms with van der Waals surface area (Å²) >= 11 is 0. The Balaban J connectivity index is 1.73. The predicted molar refractivity (Wildman–Crippen MR) is 96.5 cm³/mol. The Hall–Kier alpha value is -3.23. The average Bonchev–Trinajstić information content (AvgIpc) is 3.30. The quantitative estimate of drug-likeness (QED) is 0.698. The summed E-state index contributed by atoms with van der Waals surface area (Å²) < 4.78 is 6.44. The molecule has 0 saturated carbocycles. The van der Waals surface area contributed by atoms with E-state index in [1.165, 1.54) is 4.57 Å². The zero-order valence-corrected chi connectivity index (χ0v) is 15.1. The number of nitrogens with one attached hydrogen (secondary N) is 1. The molecule has 1 unspecified atom stereocenters. The van der Waals surface area contributed by atoms with Gasteiger partial charge in [0, 0.05) is 25.6 Å². The molecule has 1 saturated heterocycles. The average molecular weight is 369 g/mol. The number of benzene rings is 1. The van der Waals surface area contributed by atoms with Crippen LogP contribution in [0.25, 0.3) is 11.0 Å². The molecule has 0 radical (unpaired) electrons. The summed E-state index contributed by atoms with van der Waals surface area (Å²) in [7, 11) is 0. The predicted octanol–water partition coefficient (Wildman–Crippen LogP) is 1.38. The molecule has 2 aromatic heterocycles. The summed E-state index contributed by atoms with van der Waals surface area (Å²) in [5.74, 6) is 0.800. The minimum absolute atomic E-state index is 0.169.